The third kappa shape index (κ3) is 3.51. The van der Waals surface area contributed by atoms with Gasteiger partial charge in [0.25, 0.3) is 5.56 Å². The van der Waals surface area contributed by atoms with Gasteiger partial charge in [0, 0.05) is 38.2 Å². The molecule has 1 aliphatic heterocycles. The number of aryl methyl sites for hydroxylation is 1. The van der Waals surface area contributed by atoms with E-state index in [-0.39, 0.29) is 12.1 Å². The fourth-order valence-corrected chi connectivity index (χ4v) is 3.91. The van der Waals surface area contributed by atoms with Crippen LogP contribution in [0.1, 0.15) is 12.5 Å². The average Bonchev–Trinajstić information content (AvgIpc) is 3.15. The lowest BCUT2D eigenvalue weighted by atomic mass is 10.2. The summed E-state index contributed by atoms with van der Waals surface area (Å²) < 4.78 is 4.46. The van der Waals surface area contributed by atoms with E-state index in [9.17, 15) is 9.59 Å². The summed E-state index contributed by atoms with van der Waals surface area (Å²) in [4.78, 5) is 33.3. The molecule has 0 saturated carbocycles. The van der Waals surface area contributed by atoms with E-state index in [1.807, 2.05) is 22.8 Å². The van der Waals surface area contributed by atoms with Gasteiger partial charge < -0.3 is 10.2 Å². The summed E-state index contributed by atoms with van der Waals surface area (Å²) in [5, 5.41) is 3.83. The van der Waals surface area contributed by atoms with E-state index in [0.29, 0.717) is 34.2 Å². The molecule has 4 rings (SSSR count). The largest absolute Gasteiger partial charge is 0.340 e. The number of rotatable bonds is 4. The molecule has 1 aliphatic rings. The van der Waals surface area contributed by atoms with Crippen molar-refractivity contribution >= 4 is 28.7 Å². The highest BCUT2D eigenvalue weighted by Crippen LogP contribution is 2.20. The fraction of sp³-hybridized carbons (Fsp3) is 0.381. The standard InChI is InChI=1S/C21H23ClN6O2/c1-3-4-11-27-17-18(24-20(27)26-12-9-23-10-13-26)25(2)21(30)28(19(17)29)14-15-7-5-6-8-16(15)22/h5-8,23H,9-14H2,1-2H3. The van der Waals surface area contributed by atoms with Gasteiger partial charge in [0.15, 0.2) is 11.2 Å². The van der Waals surface area contributed by atoms with Crippen LogP contribution in [0.3, 0.4) is 0 Å². The van der Waals surface area contributed by atoms with E-state index < -0.39 is 5.69 Å². The highest BCUT2D eigenvalue weighted by Gasteiger charge is 2.24. The highest BCUT2D eigenvalue weighted by atomic mass is 35.5. The van der Waals surface area contributed by atoms with Crippen LogP contribution in [0.25, 0.3) is 11.2 Å². The number of fused-ring (bicyclic) bond motifs is 1. The SMILES string of the molecule is CC#CCn1c(N2CCNCC2)nc2c1c(=O)n(Cc1ccccc1Cl)c(=O)n2C. The predicted molar refractivity (Wildman–Crippen MR) is 118 cm³/mol. The number of benzene rings is 1. The highest BCUT2D eigenvalue weighted by molar-refractivity contribution is 6.31. The van der Waals surface area contributed by atoms with Crippen LogP contribution in [0.15, 0.2) is 33.9 Å². The Balaban J connectivity index is 1.95. The van der Waals surface area contributed by atoms with Gasteiger partial charge in [0.1, 0.15) is 0 Å². The molecule has 2 aromatic heterocycles. The maximum absolute atomic E-state index is 13.5. The van der Waals surface area contributed by atoms with Gasteiger partial charge in [-0.25, -0.2) is 4.79 Å². The number of nitrogens with zero attached hydrogens (tertiary/aromatic N) is 5. The van der Waals surface area contributed by atoms with Gasteiger partial charge in [-0.1, -0.05) is 35.7 Å². The van der Waals surface area contributed by atoms with Crippen molar-refractivity contribution in [3.63, 3.8) is 0 Å². The number of halogens is 1. The van der Waals surface area contributed by atoms with E-state index in [2.05, 4.69) is 22.1 Å². The molecule has 30 heavy (non-hydrogen) atoms. The van der Waals surface area contributed by atoms with Gasteiger partial charge in [-0.3, -0.25) is 18.5 Å². The minimum absolute atomic E-state index is 0.0920. The van der Waals surface area contributed by atoms with E-state index in [0.717, 1.165) is 26.2 Å². The van der Waals surface area contributed by atoms with Gasteiger partial charge >= 0.3 is 5.69 Å². The number of imidazole rings is 1. The van der Waals surface area contributed by atoms with Crippen LogP contribution in [-0.2, 0) is 20.1 Å². The van der Waals surface area contributed by atoms with Gasteiger partial charge in [-0.05, 0) is 18.6 Å². The first-order chi connectivity index (χ1) is 14.5. The molecule has 3 aromatic rings. The van der Waals surface area contributed by atoms with Crippen molar-refractivity contribution in [3.8, 4) is 11.8 Å². The summed E-state index contributed by atoms with van der Waals surface area (Å²) in [5.74, 6) is 6.58. The smallest absolute Gasteiger partial charge is 0.332 e. The number of anilines is 1. The molecule has 0 atom stereocenters. The lowest BCUT2D eigenvalue weighted by Gasteiger charge is -2.28. The normalized spacial score (nSPS) is 14.0. The molecular weight excluding hydrogens is 404 g/mol. The number of piperazine rings is 1. The Labute approximate surface area is 178 Å². The number of hydrogen-bond acceptors (Lipinski definition) is 5. The van der Waals surface area contributed by atoms with E-state index in [1.165, 1.54) is 9.13 Å². The van der Waals surface area contributed by atoms with Gasteiger partial charge in [0.2, 0.25) is 5.95 Å². The lowest BCUT2D eigenvalue weighted by Crippen LogP contribution is -2.44. The Morgan fingerprint density at radius 3 is 2.60 bits per heavy atom. The van der Waals surface area contributed by atoms with Crippen molar-refractivity contribution in [1.82, 2.24) is 24.0 Å². The summed E-state index contributed by atoms with van der Waals surface area (Å²) in [5.41, 5.74) is 0.636. The summed E-state index contributed by atoms with van der Waals surface area (Å²) >= 11 is 6.27. The Kier molecular flexibility index (Phi) is 5.66. The molecule has 0 unspecified atom stereocenters. The Hall–Kier alpha value is -3.02. The van der Waals surface area contributed by atoms with Gasteiger partial charge in [0.05, 0.1) is 13.1 Å². The van der Waals surface area contributed by atoms with Crippen LogP contribution < -0.4 is 21.5 Å². The average molecular weight is 427 g/mol. The topological polar surface area (TPSA) is 77.1 Å². The van der Waals surface area contributed by atoms with Crippen LogP contribution in [0.2, 0.25) is 5.02 Å². The number of aromatic nitrogens is 4. The van der Waals surface area contributed by atoms with Crippen molar-refractivity contribution in [2.24, 2.45) is 7.05 Å². The molecule has 8 nitrogen and oxygen atoms in total. The molecule has 0 bridgehead atoms. The molecular formula is C21H23ClN6O2. The maximum atomic E-state index is 13.5. The second-order valence-corrected chi connectivity index (χ2v) is 7.57. The lowest BCUT2D eigenvalue weighted by molar-refractivity contribution is 0.572. The summed E-state index contributed by atoms with van der Waals surface area (Å²) in [6.45, 7) is 5.38. The Morgan fingerprint density at radius 2 is 1.90 bits per heavy atom. The van der Waals surface area contributed by atoms with E-state index in [1.54, 1.807) is 20.0 Å². The van der Waals surface area contributed by atoms with Crippen LogP contribution >= 0.6 is 11.6 Å². The molecule has 156 valence electrons. The van der Waals surface area contributed by atoms with Crippen molar-refractivity contribution < 1.29 is 0 Å². The monoisotopic (exact) mass is 426 g/mol. The van der Waals surface area contributed by atoms with Gasteiger partial charge in [-0.15, -0.1) is 5.92 Å². The molecule has 0 aliphatic carbocycles. The molecule has 1 fully saturated rings. The number of hydrogen-bond donors (Lipinski definition) is 1. The molecule has 0 amide bonds. The Morgan fingerprint density at radius 1 is 1.17 bits per heavy atom. The zero-order valence-electron chi connectivity index (χ0n) is 17.0. The second kappa shape index (κ2) is 8.38. The first kappa shape index (κ1) is 20.3. The zero-order chi connectivity index (χ0) is 21.3. The molecule has 3 heterocycles. The maximum Gasteiger partial charge on any atom is 0.332 e. The fourth-order valence-electron chi connectivity index (χ4n) is 3.71. The Bertz CT molecular complexity index is 1270. The van der Waals surface area contributed by atoms with Crippen molar-refractivity contribution in [1.29, 1.82) is 0 Å². The van der Waals surface area contributed by atoms with E-state index in [4.69, 9.17) is 16.6 Å². The van der Waals surface area contributed by atoms with E-state index >= 15 is 0 Å². The summed E-state index contributed by atoms with van der Waals surface area (Å²) in [6, 6.07) is 7.20. The van der Waals surface area contributed by atoms with Crippen LogP contribution in [0.5, 0.6) is 0 Å². The molecule has 0 radical (unpaired) electrons. The van der Waals surface area contributed by atoms with Crippen LogP contribution in [0.4, 0.5) is 5.95 Å². The summed E-state index contributed by atoms with van der Waals surface area (Å²) in [6.07, 6.45) is 0. The van der Waals surface area contributed by atoms with Crippen molar-refractivity contribution in [3.05, 3.63) is 55.7 Å². The quantitative estimate of drug-likeness (QED) is 0.630. The first-order valence-electron chi connectivity index (χ1n) is 9.81. The second-order valence-electron chi connectivity index (χ2n) is 7.16. The van der Waals surface area contributed by atoms with Crippen LogP contribution in [0, 0.1) is 11.8 Å². The van der Waals surface area contributed by atoms with Crippen molar-refractivity contribution in [2.75, 3.05) is 31.1 Å². The molecule has 1 aromatic carbocycles. The zero-order valence-corrected chi connectivity index (χ0v) is 17.7. The number of nitrogens with one attached hydrogen (secondary N) is 1. The van der Waals surface area contributed by atoms with Gasteiger partial charge in [-0.2, -0.15) is 4.98 Å². The minimum atomic E-state index is -0.425. The third-order valence-corrected chi connectivity index (χ3v) is 5.68. The molecule has 1 saturated heterocycles. The predicted octanol–water partition coefficient (Wildman–Crippen LogP) is 1.03. The molecule has 9 heteroatoms. The third-order valence-electron chi connectivity index (χ3n) is 5.31. The van der Waals surface area contributed by atoms with Crippen LogP contribution in [-0.4, -0.2) is 44.9 Å². The molecule has 1 N–H and O–H groups in total. The van der Waals surface area contributed by atoms with Crippen molar-refractivity contribution in [2.45, 2.75) is 20.0 Å². The first-order valence-corrected chi connectivity index (χ1v) is 10.2. The summed E-state index contributed by atoms with van der Waals surface area (Å²) in [7, 11) is 1.64. The molecule has 0 spiro atoms. The minimum Gasteiger partial charge on any atom is -0.340 e.